The van der Waals surface area contributed by atoms with E-state index in [-0.39, 0.29) is 23.8 Å². The van der Waals surface area contributed by atoms with Crippen LogP contribution in [0, 0.1) is 11.8 Å². The fourth-order valence-corrected chi connectivity index (χ4v) is 4.91. The highest BCUT2D eigenvalue weighted by Gasteiger charge is 2.50. The minimum absolute atomic E-state index is 0.0280. The van der Waals surface area contributed by atoms with E-state index in [1.165, 1.54) is 6.42 Å². The first kappa shape index (κ1) is 17.3. The fourth-order valence-electron chi connectivity index (χ4n) is 4.91. The molecule has 3 aliphatic heterocycles. The molecule has 3 saturated heterocycles. The van der Waals surface area contributed by atoms with Crippen LogP contribution in [0.3, 0.4) is 0 Å². The van der Waals surface area contributed by atoms with Crippen molar-refractivity contribution >= 4 is 11.8 Å². The molecule has 6 heteroatoms. The number of ether oxygens (including phenoxy) is 1. The normalized spacial score (nSPS) is 34.4. The Labute approximate surface area is 148 Å². The van der Waals surface area contributed by atoms with Gasteiger partial charge in [-0.05, 0) is 50.9 Å². The van der Waals surface area contributed by atoms with Crippen LogP contribution in [0.4, 0.5) is 4.39 Å². The van der Waals surface area contributed by atoms with Gasteiger partial charge in [-0.2, -0.15) is 0 Å². The van der Waals surface area contributed by atoms with Crippen LogP contribution < -0.4 is 0 Å². The third-order valence-electron chi connectivity index (χ3n) is 6.70. The number of hydrogen-bond acceptors (Lipinski definition) is 3. The van der Waals surface area contributed by atoms with Crippen LogP contribution in [-0.4, -0.2) is 66.2 Å². The number of hydrogen-bond donors (Lipinski definition) is 0. The van der Waals surface area contributed by atoms with Gasteiger partial charge in [-0.3, -0.25) is 9.59 Å². The molecule has 5 nitrogen and oxygen atoms in total. The van der Waals surface area contributed by atoms with E-state index in [9.17, 15) is 14.0 Å². The number of piperidine rings is 2. The average Bonchev–Trinajstić information content (AvgIpc) is 3.02. The van der Waals surface area contributed by atoms with Crippen LogP contribution >= 0.6 is 0 Å². The zero-order valence-corrected chi connectivity index (χ0v) is 14.9. The first-order valence-electron chi connectivity index (χ1n) is 9.94. The summed E-state index contributed by atoms with van der Waals surface area (Å²) in [4.78, 5) is 28.6. The van der Waals surface area contributed by atoms with Gasteiger partial charge in [-0.25, -0.2) is 4.39 Å². The first-order valence-corrected chi connectivity index (χ1v) is 9.94. The second-order valence-corrected chi connectivity index (χ2v) is 8.30. The summed E-state index contributed by atoms with van der Waals surface area (Å²) in [5, 5.41) is 0. The molecule has 0 aromatic carbocycles. The predicted molar refractivity (Wildman–Crippen MR) is 90.7 cm³/mol. The number of rotatable bonds is 3. The van der Waals surface area contributed by atoms with Gasteiger partial charge in [0, 0.05) is 32.1 Å². The van der Waals surface area contributed by atoms with Crippen molar-refractivity contribution in [1.82, 2.24) is 9.80 Å². The quantitative estimate of drug-likeness (QED) is 0.782. The number of nitrogens with zero attached hydrogens (tertiary/aromatic N) is 2. The molecule has 0 bridgehead atoms. The van der Waals surface area contributed by atoms with Gasteiger partial charge >= 0.3 is 0 Å². The van der Waals surface area contributed by atoms with Crippen LogP contribution in [0.1, 0.15) is 51.4 Å². The molecule has 0 aromatic rings. The topological polar surface area (TPSA) is 49.9 Å². The predicted octanol–water partition coefficient (Wildman–Crippen LogP) is 2.14. The van der Waals surface area contributed by atoms with Crippen molar-refractivity contribution in [3.8, 4) is 0 Å². The summed E-state index contributed by atoms with van der Waals surface area (Å²) < 4.78 is 20.3. The minimum atomic E-state index is -1.60. The lowest BCUT2D eigenvalue weighted by Crippen LogP contribution is -2.54. The Kier molecular flexibility index (Phi) is 4.73. The molecule has 3 heterocycles. The van der Waals surface area contributed by atoms with Crippen molar-refractivity contribution in [1.29, 1.82) is 0 Å². The van der Waals surface area contributed by atoms with Crippen LogP contribution in [0.5, 0.6) is 0 Å². The van der Waals surface area contributed by atoms with Crippen LogP contribution in [0.15, 0.2) is 0 Å². The molecule has 4 fully saturated rings. The van der Waals surface area contributed by atoms with Crippen LogP contribution in [-0.2, 0) is 14.3 Å². The molecule has 0 N–H and O–H groups in total. The zero-order chi connectivity index (χ0) is 17.4. The number of likely N-dealkylation sites (tertiary alicyclic amines) is 2. The van der Waals surface area contributed by atoms with Gasteiger partial charge in [-0.15, -0.1) is 0 Å². The van der Waals surface area contributed by atoms with E-state index >= 15 is 0 Å². The number of carbonyl (C=O) groups excluding carboxylic acids is 2. The van der Waals surface area contributed by atoms with Crippen LogP contribution in [0.2, 0.25) is 0 Å². The third-order valence-corrected chi connectivity index (χ3v) is 6.70. The molecule has 0 radical (unpaired) electrons. The van der Waals surface area contributed by atoms with E-state index in [0.717, 1.165) is 38.8 Å². The van der Waals surface area contributed by atoms with E-state index in [1.807, 2.05) is 4.90 Å². The van der Waals surface area contributed by atoms with Crippen molar-refractivity contribution in [2.45, 2.75) is 63.1 Å². The molecule has 1 aliphatic carbocycles. The maximum absolute atomic E-state index is 14.4. The lowest BCUT2D eigenvalue weighted by molar-refractivity contribution is -0.152. The summed E-state index contributed by atoms with van der Waals surface area (Å²) in [7, 11) is 0. The zero-order valence-electron chi connectivity index (χ0n) is 14.9. The largest absolute Gasteiger partial charge is 0.377 e. The smallest absolute Gasteiger partial charge is 0.260 e. The fraction of sp³-hybridized carbons (Fsp3) is 0.895. The van der Waals surface area contributed by atoms with E-state index in [0.29, 0.717) is 44.9 Å². The Hall–Kier alpha value is -1.17. The van der Waals surface area contributed by atoms with Gasteiger partial charge < -0.3 is 14.5 Å². The van der Waals surface area contributed by atoms with Gasteiger partial charge in [-0.1, -0.05) is 0 Å². The molecule has 25 heavy (non-hydrogen) atoms. The molecule has 3 atom stereocenters. The highest BCUT2D eigenvalue weighted by Crippen LogP contribution is 2.41. The first-order chi connectivity index (χ1) is 12.1. The highest BCUT2D eigenvalue weighted by molar-refractivity contribution is 5.86. The summed E-state index contributed by atoms with van der Waals surface area (Å²) in [5.74, 6) is 0.473. The minimum Gasteiger partial charge on any atom is -0.377 e. The molecular weight excluding hydrogens is 323 g/mol. The van der Waals surface area contributed by atoms with Crippen molar-refractivity contribution in [3.63, 3.8) is 0 Å². The SMILES string of the molecule is O=C(C[C@@H]1OC[C@H]2CN(C(=O)C3(F)CCC3)CC[C@H]21)N1CCCCC1. The van der Waals surface area contributed by atoms with Gasteiger partial charge in [0.05, 0.1) is 19.1 Å². The average molecular weight is 352 g/mol. The molecular formula is C19H29FN2O3. The number of alkyl halides is 1. The molecule has 0 spiro atoms. The summed E-state index contributed by atoms with van der Waals surface area (Å²) in [6.45, 7) is 3.53. The van der Waals surface area contributed by atoms with Crippen molar-refractivity contribution in [2.24, 2.45) is 11.8 Å². The lowest BCUT2D eigenvalue weighted by atomic mass is 9.78. The van der Waals surface area contributed by atoms with Crippen LogP contribution in [0.25, 0.3) is 0 Å². The number of halogens is 1. The summed E-state index contributed by atoms with van der Waals surface area (Å²) in [6, 6.07) is 0. The molecule has 1 saturated carbocycles. The Morgan fingerprint density at radius 2 is 1.80 bits per heavy atom. The van der Waals surface area contributed by atoms with Gasteiger partial charge in [0.15, 0.2) is 5.67 Å². The third kappa shape index (κ3) is 3.29. The van der Waals surface area contributed by atoms with Gasteiger partial charge in [0.25, 0.3) is 5.91 Å². The van der Waals surface area contributed by atoms with Gasteiger partial charge in [0.1, 0.15) is 0 Å². The Morgan fingerprint density at radius 1 is 1.04 bits per heavy atom. The van der Waals surface area contributed by atoms with Crippen molar-refractivity contribution in [3.05, 3.63) is 0 Å². The van der Waals surface area contributed by atoms with Gasteiger partial charge in [0.2, 0.25) is 5.91 Å². The highest BCUT2D eigenvalue weighted by atomic mass is 19.1. The van der Waals surface area contributed by atoms with E-state index in [1.54, 1.807) is 4.90 Å². The standard InChI is InChI=1S/C19H29FN2O3/c20-19(6-4-7-19)18(24)22-10-5-15-14(12-22)13-25-16(15)11-17(23)21-8-2-1-3-9-21/h14-16H,1-13H2/t14-,15-,16+/m1/s1. The maximum atomic E-state index is 14.4. The number of fused-ring (bicyclic) bond motifs is 1. The molecule has 2 amide bonds. The van der Waals surface area contributed by atoms with Crippen molar-refractivity contribution < 1.29 is 18.7 Å². The Bertz CT molecular complexity index is 531. The van der Waals surface area contributed by atoms with E-state index in [4.69, 9.17) is 4.74 Å². The molecule has 4 aliphatic rings. The monoisotopic (exact) mass is 352 g/mol. The molecule has 0 aromatic heterocycles. The van der Waals surface area contributed by atoms with E-state index < -0.39 is 5.67 Å². The second-order valence-electron chi connectivity index (χ2n) is 8.30. The summed E-state index contributed by atoms with van der Waals surface area (Å²) in [6.07, 6.45) is 6.24. The summed E-state index contributed by atoms with van der Waals surface area (Å²) in [5.41, 5.74) is -1.60. The Morgan fingerprint density at radius 3 is 2.48 bits per heavy atom. The molecule has 0 unspecified atom stereocenters. The maximum Gasteiger partial charge on any atom is 0.260 e. The molecule has 4 rings (SSSR count). The van der Waals surface area contributed by atoms with Crippen molar-refractivity contribution in [2.75, 3.05) is 32.8 Å². The lowest BCUT2D eigenvalue weighted by Gasteiger charge is -2.41. The number of amides is 2. The number of carbonyl (C=O) groups is 2. The van der Waals surface area contributed by atoms with E-state index in [2.05, 4.69) is 0 Å². The summed E-state index contributed by atoms with van der Waals surface area (Å²) >= 11 is 0. The second kappa shape index (κ2) is 6.86. The Balaban J connectivity index is 1.31. The molecule has 140 valence electrons.